The molecule has 3 rings (SSSR count). The second-order valence-electron chi connectivity index (χ2n) is 6.36. The highest BCUT2D eigenvalue weighted by molar-refractivity contribution is 7.89. The number of rotatable bonds is 8. The van der Waals surface area contributed by atoms with E-state index in [9.17, 15) is 13.2 Å². The molecule has 0 unspecified atom stereocenters. The van der Waals surface area contributed by atoms with Crippen molar-refractivity contribution >= 4 is 27.3 Å². The van der Waals surface area contributed by atoms with E-state index in [2.05, 4.69) is 0 Å². The summed E-state index contributed by atoms with van der Waals surface area (Å²) in [6.07, 6.45) is 2.07. The average molecular weight is 393 g/mol. The van der Waals surface area contributed by atoms with Crippen molar-refractivity contribution in [1.29, 1.82) is 0 Å². The van der Waals surface area contributed by atoms with E-state index in [-0.39, 0.29) is 10.8 Å². The van der Waals surface area contributed by atoms with Gasteiger partial charge in [0.2, 0.25) is 10.0 Å². The normalized spacial score (nSPS) is 14.6. The number of hydrogen-bond donors (Lipinski definition) is 0. The van der Waals surface area contributed by atoms with E-state index in [1.807, 2.05) is 36.3 Å². The summed E-state index contributed by atoms with van der Waals surface area (Å²) in [5, 5.41) is 2.01. The summed E-state index contributed by atoms with van der Waals surface area (Å²) in [5.41, 5.74) is 0.534. The largest absolute Gasteiger partial charge is 0.331 e. The summed E-state index contributed by atoms with van der Waals surface area (Å²) in [5.74, 6) is -0.0345. The first kappa shape index (κ1) is 19.1. The molecule has 0 radical (unpaired) electrons. The van der Waals surface area contributed by atoms with E-state index in [0.29, 0.717) is 31.2 Å². The monoisotopic (exact) mass is 392 g/mol. The Morgan fingerprint density at radius 2 is 1.77 bits per heavy atom. The predicted octanol–water partition coefficient (Wildman–Crippen LogP) is 3.58. The maximum atomic E-state index is 12.9. The molecule has 0 spiro atoms. The van der Waals surface area contributed by atoms with Crippen molar-refractivity contribution in [1.82, 2.24) is 9.21 Å². The molecule has 1 fully saturated rings. The molecule has 1 aromatic heterocycles. The molecule has 0 bridgehead atoms. The fourth-order valence-electron chi connectivity index (χ4n) is 2.97. The number of carbonyl (C=O) groups is 1. The van der Waals surface area contributed by atoms with Crippen LogP contribution in [0.4, 0.5) is 0 Å². The molecule has 1 aliphatic rings. The van der Waals surface area contributed by atoms with Crippen LogP contribution in [-0.2, 0) is 16.6 Å². The van der Waals surface area contributed by atoms with Crippen molar-refractivity contribution < 1.29 is 13.2 Å². The molecule has 1 aliphatic carbocycles. The van der Waals surface area contributed by atoms with Crippen LogP contribution in [0.25, 0.3) is 0 Å². The molecule has 5 nitrogen and oxygen atoms in total. The molecule has 0 N–H and O–H groups in total. The second kappa shape index (κ2) is 7.90. The topological polar surface area (TPSA) is 57.7 Å². The molecule has 0 saturated heterocycles. The molecule has 2 aromatic rings. The Labute approximate surface area is 159 Å². The fraction of sp³-hybridized carbons (Fsp3) is 0.421. The van der Waals surface area contributed by atoms with E-state index in [0.717, 1.165) is 17.7 Å². The molecule has 140 valence electrons. The minimum Gasteiger partial charge on any atom is -0.331 e. The van der Waals surface area contributed by atoms with Gasteiger partial charge in [-0.1, -0.05) is 19.9 Å². The third kappa shape index (κ3) is 4.00. The quantitative estimate of drug-likeness (QED) is 0.690. The zero-order valence-electron chi connectivity index (χ0n) is 15.1. The number of sulfonamides is 1. The zero-order valence-corrected chi connectivity index (χ0v) is 16.7. The van der Waals surface area contributed by atoms with Crippen LogP contribution in [0.15, 0.2) is 46.7 Å². The molecule has 7 heteroatoms. The van der Waals surface area contributed by atoms with E-state index >= 15 is 0 Å². The Morgan fingerprint density at radius 3 is 2.27 bits per heavy atom. The summed E-state index contributed by atoms with van der Waals surface area (Å²) in [4.78, 5) is 16.2. The average Bonchev–Trinajstić information content (AvgIpc) is 3.36. The smallest absolute Gasteiger partial charge is 0.254 e. The van der Waals surface area contributed by atoms with Gasteiger partial charge in [0.15, 0.2) is 0 Å². The van der Waals surface area contributed by atoms with Crippen molar-refractivity contribution in [2.24, 2.45) is 0 Å². The summed E-state index contributed by atoms with van der Waals surface area (Å²) < 4.78 is 26.6. The second-order valence-corrected chi connectivity index (χ2v) is 9.33. The van der Waals surface area contributed by atoms with Crippen molar-refractivity contribution in [3.05, 3.63) is 52.2 Å². The van der Waals surface area contributed by atoms with Gasteiger partial charge in [0.1, 0.15) is 0 Å². The number of thiophene rings is 1. The predicted molar refractivity (Wildman–Crippen MR) is 104 cm³/mol. The molecule has 1 amide bonds. The Morgan fingerprint density at radius 1 is 1.12 bits per heavy atom. The Balaban J connectivity index is 1.79. The Bertz CT molecular complexity index is 837. The highest BCUT2D eigenvalue weighted by Crippen LogP contribution is 2.31. The first-order valence-corrected chi connectivity index (χ1v) is 11.2. The molecule has 1 heterocycles. The third-order valence-electron chi connectivity index (χ3n) is 4.60. The summed E-state index contributed by atoms with van der Waals surface area (Å²) >= 11 is 1.64. The van der Waals surface area contributed by atoms with E-state index in [1.54, 1.807) is 23.5 Å². The van der Waals surface area contributed by atoms with Gasteiger partial charge in [-0.05, 0) is 48.6 Å². The van der Waals surface area contributed by atoms with Gasteiger partial charge in [0, 0.05) is 29.6 Å². The number of benzene rings is 1. The van der Waals surface area contributed by atoms with Crippen LogP contribution in [-0.4, -0.2) is 42.7 Å². The van der Waals surface area contributed by atoms with E-state index < -0.39 is 10.0 Å². The minimum absolute atomic E-state index is 0.0345. The van der Waals surface area contributed by atoms with Crippen LogP contribution in [0, 0.1) is 0 Å². The number of hydrogen-bond acceptors (Lipinski definition) is 4. The lowest BCUT2D eigenvalue weighted by Crippen LogP contribution is -2.32. The summed E-state index contributed by atoms with van der Waals surface area (Å²) in [6, 6.07) is 10.7. The van der Waals surface area contributed by atoms with Crippen LogP contribution in [0.5, 0.6) is 0 Å². The van der Waals surface area contributed by atoms with Gasteiger partial charge < -0.3 is 4.90 Å². The molecule has 1 saturated carbocycles. The Kier molecular flexibility index (Phi) is 5.79. The van der Waals surface area contributed by atoms with Crippen molar-refractivity contribution in [2.45, 2.75) is 44.2 Å². The molecule has 0 atom stereocenters. The fourth-order valence-corrected chi connectivity index (χ4v) is 5.13. The van der Waals surface area contributed by atoms with Crippen molar-refractivity contribution in [2.75, 3.05) is 13.1 Å². The van der Waals surface area contributed by atoms with E-state index in [4.69, 9.17) is 0 Å². The lowest BCUT2D eigenvalue weighted by atomic mass is 10.2. The van der Waals surface area contributed by atoms with Crippen LogP contribution in [0.2, 0.25) is 0 Å². The third-order valence-corrected chi connectivity index (χ3v) is 7.52. The van der Waals surface area contributed by atoms with Gasteiger partial charge in [-0.3, -0.25) is 4.79 Å². The van der Waals surface area contributed by atoms with Gasteiger partial charge in [0.25, 0.3) is 5.91 Å². The lowest BCUT2D eigenvalue weighted by Gasteiger charge is -2.22. The minimum atomic E-state index is -3.50. The molecule has 26 heavy (non-hydrogen) atoms. The SMILES string of the molecule is CCN(CC)S(=O)(=O)c1ccc(C(=O)N(Cc2cccs2)C2CC2)cc1. The number of carbonyl (C=O) groups excluding carboxylic acids is 1. The maximum Gasteiger partial charge on any atom is 0.254 e. The highest BCUT2D eigenvalue weighted by Gasteiger charge is 2.33. The first-order valence-electron chi connectivity index (χ1n) is 8.91. The lowest BCUT2D eigenvalue weighted by molar-refractivity contribution is 0.0731. The van der Waals surface area contributed by atoms with Gasteiger partial charge >= 0.3 is 0 Å². The van der Waals surface area contributed by atoms with Crippen LogP contribution < -0.4 is 0 Å². The molecular formula is C19H24N2O3S2. The van der Waals surface area contributed by atoms with Crippen LogP contribution in [0.1, 0.15) is 41.9 Å². The molecular weight excluding hydrogens is 368 g/mol. The summed E-state index contributed by atoms with van der Waals surface area (Å²) in [6.45, 7) is 5.10. The number of nitrogens with zero attached hydrogens (tertiary/aromatic N) is 2. The zero-order chi connectivity index (χ0) is 18.7. The standard InChI is InChI=1S/C19H24N2O3S2/c1-3-20(4-2)26(23,24)18-11-7-15(8-12-18)19(22)21(16-9-10-16)14-17-6-5-13-25-17/h5-8,11-13,16H,3-4,9-10,14H2,1-2H3. The Hall–Kier alpha value is -1.70. The highest BCUT2D eigenvalue weighted by atomic mass is 32.2. The molecule has 0 aliphatic heterocycles. The van der Waals surface area contributed by atoms with E-state index in [1.165, 1.54) is 16.4 Å². The number of amides is 1. The molecule has 1 aromatic carbocycles. The van der Waals surface area contributed by atoms with Crippen LogP contribution >= 0.6 is 11.3 Å². The van der Waals surface area contributed by atoms with Gasteiger partial charge in [-0.25, -0.2) is 8.42 Å². The van der Waals surface area contributed by atoms with Gasteiger partial charge in [-0.2, -0.15) is 4.31 Å². The van der Waals surface area contributed by atoms with Gasteiger partial charge in [-0.15, -0.1) is 11.3 Å². The summed E-state index contributed by atoms with van der Waals surface area (Å²) in [7, 11) is -3.50. The maximum absolute atomic E-state index is 12.9. The van der Waals surface area contributed by atoms with Crippen molar-refractivity contribution in [3.8, 4) is 0 Å². The first-order chi connectivity index (χ1) is 12.5. The van der Waals surface area contributed by atoms with Crippen molar-refractivity contribution in [3.63, 3.8) is 0 Å². The van der Waals surface area contributed by atoms with Gasteiger partial charge in [0.05, 0.1) is 11.4 Å². The van der Waals surface area contributed by atoms with Crippen LogP contribution in [0.3, 0.4) is 0 Å².